The van der Waals surface area contributed by atoms with Crippen molar-refractivity contribution in [1.29, 1.82) is 0 Å². The number of likely N-dealkylation sites (tertiary alicyclic amines) is 1. The molecule has 2 aliphatic heterocycles. The molecule has 1 spiro atoms. The molecule has 2 fully saturated rings. The number of halogens is 1. The van der Waals surface area contributed by atoms with E-state index in [4.69, 9.17) is 14.5 Å². The number of aromatic hydroxyl groups is 1. The summed E-state index contributed by atoms with van der Waals surface area (Å²) in [5.41, 5.74) is 0.891. The first-order chi connectivity index (χ1) is 13.5. The molecule has 3 rings (SSSR count). The fourth-order valence-electron chi connectivity index (χ4n) is 4.06. The van der Waals surface area contributed by atoms with Gasteiger partial charge in [-0.15, -0.1) is 24.0 Å². The van der Waals surface area contributed by atoms with E-state index in [1.165, 1.54) is 14.2 Å². The highest BCUT2D eigenvalue weighted by Gasteiger charge is 2.42. The van der Waals surface area contributed by atoms with E-state index in [2.05, 4.69) is 15.5 Å². The van der Waals surface area contributed by atoms with Crippen LogP contribution < -0.4 is 20.1 Å². The van der Waals surface area contributed by atoms with Crippen LogP contribution in [-0.2, 0) is 11.3 Å². The monoisotopic (exact) mass is 518 g/mol. The molecule has 162 valence electrons. The normalized spacial score (nSPS) is 21.6. The third kappa shape index (κ3) is 5.37. The van der Waals surface area contributed by atoms with Crippen LogP contribution in [0.1, 0.15) is 31.7 Å². The van der Waals surface area contributed by atoms with Gasteiger partial charge in [-0.2, -0.15) is 0 Å². The molecule has 0 radical (unpaired) electrons. The smallest absolute Gasteiger partial charge is 0.220 e. The van der Waals surface area contributed by atoms with Crippen LogP contribution in [0, 0.1) is 5.41 Å². The van der Waals surface area contributed by atoms with Crippen LogP contribution in [0.15, 0.2) is 17.1 Å². The second-order valence-corrected chi connectivity index (χ2v) is 7.50. The predicted octanol–water partition coefficient (Wildman–Crippen LogP) is 2.10. The number of guanidine groups is 1. The van der Waals surface area contributed by atoms with Crippen molar-refractivity contribution in [2.45, 2.75) is 32.7 Å². The molecule has 0 saturated carbocycles. The molecule has 8 nitrogen and oxygen atoms in total. The van der Waals surface area contributed by atoms with Gasteiger partial charge in [0.15, 0.2) is 17.5 Å². The van der Waals surface area contributed by atoms with Crippen molar-refractivity contribution >= 4 is 35.8 Å². The number of hydrogen-bond donors (Lipinski definition) is 3. The zero-order valence-corrected chi connectivity index (χ0v) is 19.6. The summed E-state index contributed by atoms with van der Waals surface area (Å²) in [5, 5.41) is 16.4. The van der Waals surface area contributed by atoms with E-state index in [-0.39, 0.29) is 41.0 Å². The fraction of sp³-hybridized carbons (Fsp3) is 0.600. The van der Waals surface area contributed by atoms with E-state index in [9.17, 15) is 9.90 Å². The Balaban J connectivity index is 0.00000300. The molecule has 1 atom stereocenters. The summed E-state index contributed by atoms with van der Waals surface area (Å²) >= 11 is 0. The van der Waals surface area contributed by atoms with Gasteiger partial charge >= 0.3 is 0 Å². The molecule has 1 amide bonds. The lowest BCUT2D eigenvalue weighted by atomic mass is 9.79. The number of hydrogen-bond acceptors (Lipinski definition) is 5. The van der Waals surface area contributed by atoms with Crippen molar-refractivity contribution in [1.82, 2.24) is 15.5 Å². The van der Waals surface area contributed by atoms with Gasteiger partial charge in [0.2, 0.25) is 11.7 Å². The van der Waals surface area contributed by atoms with E-state index in [0.717, 1.165) is 50.5 Å². The molecule has 3 N–H and O–H groups in total. The number of ether oxygens (including phenoxy) is 2. The number of aliphatic imine (C=N–C) groups is 1. The molecule has 2 aliphatic rings. The first-order valence-corrected chi connectivity index (χ1v) is 9.74. The van der Waals surface area contributed by atoms with Crippen molar-refractivity contribution in [3.63, 3.8) is 0 Å². The number of phenolic OH excluding ortho intramolecular Hbond substituents is 1. The Kier molecular flexibility index (Phi) is 8.23. The summed E-state index contributed by atoms with van der Waals surface area (Å²) in [7, 11) is 3.02. The molecule has 0 aliphatic carbocycles. The quantitative estimate of drug-likeness (QED) is 0.314. The SMILES string of the molecule is CCNC(=NCc1cc(OC)c(O)c(OC)c1)N1CCCC2(CNC(=O)C2)C1.I. The topological polar surface area (TPSA) is 95.4 Å². The molecule has 1 aromatic carbocycles. The maximum atomic E-state index is 11.8. The minimum atomic E-state index is -0.0130. The third-order valence-corrected chi connectivity index (χ3v) is 5.44. The highest BCUT2D eigenvalue weighted by atomic mass is 127. The van der Waals surface area contributed by atoms with E-state index < -0.39 is 0 Å². The van der Waals surface area contributed by atoms with Crippen molar-refractivity contribution in [3.05, 3.63) is 17.7 Å². The van der Waals surface area contributed by atoms with Crippen molar-refractivity contribution in [2.24, 2.45) is 10.4 Å². The van der Waals surface area contributed by atoms with Crippen LogP contribution in [0.5, 0.6) is 17.2 Å². The number of nitrogens with zero attached hydrogens (tertiary/aromatic N) is 2. The highest BCUT2D eigenvalue weighted by Crippen LogP contribution is 2.38. The van der Waals surface area contributed by atoms with Gasteiger partial charge in [0.25, 0.3) is 0 Å². The molecular formula is C20H31IN4O4. The Bertz CT molecular complexity index is 733. The predicted molar refractivity (Wildman–Crippen MR) is 122 cm³/mol. The van der Waals surface area contributed by atoms with Crippen molar-refractivity contribution < 1.29 is 19.4 Å². The average molecular weight is 518 g/mol. The highest BCUT2D eigenvalue weighted by molar-refractivity contribution is 14.0. The van der Waals surface area contributed by atoms with Gasteiger partial charge in [-0.25, -0.2) is 4.99 Å². The number of methoxy groups -OCH3 is 2. The van der Waals surface area contributed by atoms with Gasteiger partial charge in [-0.1, -0.05) is 0 Å². The first kappa shape index (κ1) is 23.4. The Hall–Kier alpha value is -1.91. The molecule has 2 saturated heterocycles. The third-order valence-electron chi connectivity index (χ3n) is 5.44. The van der Waals surface area contributed by atoms with Crippen molar-refractivity contribution in [3.8, 4) is 17.2 Å². The van der Waals surface area contributed by atoms with Crippen LogP contribution in [0.25, 0.3) is 0 Å². The lowest BCUT2D eigenvalue weighted by Gasteiger charge is -2.40. The van der Waals surface area contributed by atoms with Crippen LogP contribution >= 0.6 is 24.0 Å². The van der Waals surface area contributed by atoms with Crippen LogP contribution in [-0.4, -0.2) is 62.3 Å². The maximum Gasteiger partial charge on any atom is 0.220 e. The van der Waals surface area contributed by atoms with Crippen LogP contribution in [0.2, 0.25) is 0 Å². The number of benzene rings is 1. The fourth-order valence-corrected chi connectivity index (χ4v) is 4.06. The molecule has 2 heterocycles. The Morgan fingerprint density at radius 1 is 1.34 bits per heavy atom. The standard InChI is InChI=1S/C20H30N4O4.HI/c1-4-21-19(24-7-5-6-20(13-24)10-17(25)23-12-20)22-11-14-8-15(27-2)18(26)16(9-14)28-3;/h8-9,26H,4-7,10-13H2,1-3H3,(H,21,22)(H,23,25);1H. The number of piperidine rings is 1. The molecule has 9 heteroatoms. The molecular weight excluding hydrogens is 487 g/mol. The summed E-state index contributed by atoms with van der Waals surface area (Å²) in [5.74, 6) is 1.70. The Morgan fingerprint density at radius 3 is 2.59 bits per heavy atom. The minimum Gasteiger partial charge on any atom is -0.502 e. The second kappa shape index (κ2) is 10.2. The summed E-state index contributed by atoms with van der Waals surface area (Å²) in [4.78, 5) is 18.8. The zero-order valence-electron chi connectivity index (χ0n) is 17.3. The molecule has 1 unspecified atom stereocenters. The Labute approximate surface area is 189 Å². The maximum absolute atomic E-state index is 11.8. The first-order valence-electron chi connectivity index (χ1n) is 9.74. The minimum absolute atomic E-state index is 0. The van der Waals surface area contributed by atoms with E-state index >= 15 is 0 Å². The lowest BCUT2D eigenvalue weighted by Crippen LogP contribution is -2.51. The largest absolute Gasteiger partial charge is 0.502 e. The number of carbonyl (C=O) groups is 1. The van der Waals surface area contributed by atoms with Gasteiger partial charge < -0.3 is 30.1 Å². The Morgan fingerprint density at radius 2 is 2.03 bits per heavy atom. The summed E-state index contributed by atoms with van der Waals surface area (Å²) < 4.78 is 10.5. The van der Waals surface area contributed by atoms with Gasteiger partial charge in [0, 0.05) is 38.0 Å². The zero-order chi connectivity index (χ0) is 20.1. The summed E-state index contributed by atoms with van der Waals surface area (Å²) in [6.45, 7) is 5.72. The molecule has 29 heavy (non-hydrogen) atoms. The average Bonchev–Trinajstić information content (AvgIpc) is 3.05. The van der Waals surface area contributed by atoms with Gasteiger partial charge in [0.1, 0.15) is 0 Å². The summed E-state index contributed by atoms with van der Waals surface area (Å²) in [6.07, 6.45) is 2.70. The molecule has 0 bridgehead atoms. The van der Waals surface area contributed by atoms with Gasteiger partial charge in [0.05, 0.1) is 20.8 Å². The van der Waals surface area contributed by atoms with Gasteiger partial charge in [-0.05, 0) is 37.5 Å². The number of carbonyl (C=O) groups excluding carboxylic acids is 1. The number of nitrogens with one attached hydrogen (secondary N) is 2. The van der Waals surface area contributed by atoms with E-state index in [1.54, 1.807) is 12.1 Å². The number of rotatable bonds is 5. The number of amides is 1. The molecule has 0 aromatic heterocycles. The lowest BCUT2D eigenvalue weighted by molar-refractivity contribution is -0.119. The van der Waals surface area contributed by atoms with Crippen LogP contribution in [0.4, 0.5) is 0 Å². The second-order valence-electron chi connectivity index (χ2n) is 7.50. The van der Waals surface area contributed by atoms with E-state index in [0.29, 0.717) is 24.5 Å². The number of phenols is 1. The van der Waals surface area contributed by atoms with E-state index in [1.807, 2.05) is 6.92 Å². The van der Waals surface area contributed by atoms with Crippen molar-refractivity contribution in [2.75, 3.05) is 40.4 Å². The summed E-state index contributed by atoms with van der Waals surface area (Å²) in [6, 6.07) is 3.53. The van der Waals surface area contributed by atoms with Crippen LogP contribution in [0.3, 0.4) is 0 Å². The van der Waals surface area contributed by atoms with Gasteiger partial charge in [-0.3, -0.25) is 4.79 Å². The molecule has 1 aromatic rings.